The first-order chi connectivity index (χ1) is 13.8. The first kappa shape index (κ1) is 21.3. The van der Waals surface area contributed by atoms with E-state index in [2.05, 4.69) is 15.3 Å². The van der Waals surface area contributed by atoms with E-state index >= 15 is 0 Å². The molecule has 1 amide bonds. The van der Waals surface area contributed by atoms with E-state index in [1.165, 1.54) is 30.6 Å². The summed E-state index contributed by atoms with van der Waals surface area (Å²) in [4.78, 5) is 25.0. The summed E-state index contributed by atoms with van der Waals surface area (Å²) in [5.41, 5.74) is 4.05. The number of benzene rings is 1. The van der Waals surface area contributed by atoms with E-state index in [9.17, 15) is 14.7 Å². The standard InChI is InChI=1S/C19H14Cl2N2O4S2/c1-9(22-23-18(25)14-5-6-15(29-14)19(26)27-2)11-8-28-17(16(11)24)10-3-4-12(20)13(21)7-10/h3-8,24H,1-2H3,(H,23,25)/b22-9-. The summed E-state index contributed by atoms with van der Waals surface area (Å²) in [5, 5.41) is 17.2. The number of ether oxygens (including phenoxy) is 1. The van der Waals surface area contributed by atoms with Crippen LogP contribution in [0.2, 0.25) is 10.0 Å². The average molecular weight is 469 g/mol. The molecule has 29 heavy (non-hydrogen) atoms. The summed E-state index contributed by atoms with van der Waals surface area (Å²) in [6, 6.07) is 8.11. The Morgan fingerprint density at radius 1 is 1.14 bits per heavy atom. The normalized spacial score (nSPS) is 11.4. The Balaban J connectivity index is 1.77. The highest BCUT2D eigenvalue weighted by Gasteiger charge is 2.17. The molecule has 3 aromatic rings. The fourth-order valence-electron chi connectivity index (χ4n) is 2.37. The molecular weight excluding hydrogens is 455 g/mol. The number of carbonyl (C=O) groups excluding carboxylic acids is 2. The molecule has 0 bridgehead atoms. The van der Waals surface area contributed by atoms with Gasteiger partial charge in [0.25, 0.3) is 5.91 Å². The van der Waals surface area contributed by atoms with Crippen molar-refractivity contribution < 1.29 is 19.4 Å². The third-order valence-electron chi connectivity index (χ3n) is 3.88. The molecule has 2 heterocycles. The molecule has 0 saturated carbocycles. The number of amides is 1. The van der Waals surface area contributed by atoms with Crippen LogP contribution in [-0.4, -0.2) is 29.8 Å². The van der Waals surface area contributed by atoms with Crippen molar-refractivity contribution in [3.8, 4) is 16.2 Å². The highest BCUT2D eigenvalue weighted by molar-refractivity contribution is 7.16. The Kier molecular flexibility index (Phi) is 6.59. The van der Waals surface area contributed by atoms with Gasteiger partial charge in [-0.05, 0) is 36.8 Å². The molecular formula is C19H14Cl2N2O4S2. The van der Waals surface area contributed by atoms with E-state index in [0.29, 0.717) is 36.0 Å². The maximum atomic E-state index is 12.2. The Morgan fingerprint density at radius 3 is 2.55 bits per heavy atom. The van der Waals surface area contributed by atoms with Crippen LogP contribution >= 0.6 is 45.9 Å². The highest BCUT2D eigenvalue weighted by Crippen LogP contribution is 2.40. The van der Waals surface area contributed by atoms with Crippen molar-refractivity contribution >= 4 is 63.5 Å². The van der Waals surface area contributed by atoms with Gasteiger partial charge >= 0.3 is 5.97 Å². The first-order valence-corrected chi connectivity index (χ1v) is 10.6. The van der Waals surface area contributed by atoms with Crippen molar-refractivity contribution in [2.24, 2.45) is 5.10 Å². The van der Waals surface area contributed by atoms with Crippen LogP contribution in [-0.2, 0) is 4.74 Å². The molecule has 1 aromatic carbocycles. The molecule has 2 aromatic heterocycles. The summed E-state index contributed by atoms with van der Waals surface area (Å²) in [5.74, 6) is -0.941. The number of halogens is 2. The van der Waals surface area contributed by atoms with Crippen LogP contribution < -0.4 is 5.43 Å². The number of methoxy groups -OCH3 is 1. The largest absolute Gasteiger partial charge is 0.506 e. The highest BCUT2D eigenvalue weighted by atomic mass is 35.5. The smallest absolute Gasteiger partial charge is 0.348 e. The van der Waals surface area contributed by atoms with Gasteiger partial charge in [-0.3, -0.25) is 4.79 Å². The van der Waals surface area contributed by atoms with Crippen LogP contribution in [0.5, 0.6) is 5.75 Å². The minimum absolute atomic E-state index is 0.0352. The van der Waals surface area contributed by atoms with Gasteiger partial charge in [0.1, 0.15) is 10.6 Å². The van der Waals surface area contributed by atoms with E-state index in [1.54, 1.807) is 30.5 Å². The second-order valence-electron chi connectivity index (χ2n) is 5.75. The van der Waals surface area contributed by atoms with E-state index in [4.69, 9.17) is 23.2 Å². The number of thiophene rings is 2. The first-order valence-electron chi connectivity index (χ1n) is 8.10. The number of nitrogens with one attached hydrogen (secondary N) is 1. The van der Waals surface area contributed by atoms with Gasteiger partial charge in [0, 0.05) is 5.38 Å². The molecule has 0 unspecified atom stereocenters. The number of hydrazone groups is 1. The summed E-state index contributed by atoms with van der Waals surface area (Å²) in [6.45, 7) is 1.66. The lowest BCUT2D eigenvalue weighted by Crippen LogP contribution is -2.18. The molecule has 0 aliphatic carbocycles. The zero-order valence-electron chi connectivity index (χ0n) is 15.2. The molecule has 10 heteroatoms. The number of aromatic hydroxyl groups is 1. The van der Waals surface area contributed by atoms with Crippen molar-refractivity contribution in [1.82, 2.24) is 5.43 Å². The third-order valence-corrected chi connectivity index (χ3v) is 6.70. The second-order valence-corrected chi connectivity index (χ2v) is 8.53. The van der Waals surface area contributed by atoms with Gasteiger partial charge in [0.05, 0.1) is 38.2 Å². The zero-order valence-corrected chi connectivity index (χ0v) is 18.3. The number of rotatable bonds is 5. The number of carbonyl (C=O) groups is 2. The lowest BCUT2D eigenvalue weighted by atomic mass is 10.1. The predicted molar refractivity (Wildman–Crippen MR) is 117 cm³/mol. The minimum atomic E-state index is -0.508. The van der Waals surface area contributed by atoms with Gasteiger partial charge in [-0.1, -0.05) is 29.3 Å². The zero-order chi connectivity index (χ0) is 21.1. The minimum Gasteiger partial charge on any atom is -0.506 e. The number of esters is 1. The second kappa shape index (κ2) is 8.96. The lowest BCUT2D eigenvalue weighted by Gasteiger charge is -2.04. The Bertz CT molecular complexity index is 1120. The molecule has 2 N–H and O–H groups in total. The van der Waals surface area contributed by atoms with E-state index in [-0.39, 0.29) is 5.75 Å². The fraction of sp³-hybridized carbons (Fsp3) is 0.105. The molecule has 0 spiro atoms. The van der Waals surface area contributed by atoms with Gasteiger partial charge in [0.2, 0.25) is 0 Å². The maximum absolute atomic E-state index is 12.2. The SMILES string of the molecule is COC(=O)c1ccc(C(=O)N/N=C(/C)c2csc(-c3ccc(Cl)c(Cl)c3)c2O)s1. The van der Waals surface area contributed by atoms with Crippen LogP contribution in [0.4, 0.5) is 0 Å². The van der Waals surface area contributed by atoms with Gasteiger partial charge in [-0.2, -0.15) is 5.10 Å². The average Bonchev–Trinajstić information content (AvgIpc) is 3.34. The molecule has 150 valence electrons. The van der Waals surface area contributed by atoms with Crippen LogP contribution in [0.1, 0.15) is 31.8 Å². The Morgan fingerprint density at radius 2 is 1.86 bits per heavy atom. The Labute approximate surface area is 184 Å². The molecule has 0 saturated heterocycles. The number of hydrogen-bond acceptors (Lipinski definition) is 7. The number of nitrogens with zero attached hydrogens (tertiary/aromatic N) is 1. The summed E-state index contributed by atoms with van der Waals surface area (Å²) in [6.07, 6.45) is 0. The van der Waals surface area contributed by atoms with Gasteiger partial charge in [-0.25, -0.2) is 10.2 Å². The van der Waals surface area contributed by atoms with E-state index in [1.807, 2.05) is 0 Å². The summed E-state index contributed by atoms with van der Waals surface area (Å²) >= 11 is 14.3. The Hall–Kier alpha value is -2.39. The third kappa shape index (κ3) is 4.62. The van der Waals surface area contributed by atoms with Crippen molar-refractivity contribution in [3.05, 3.63) is 61.1 Å². The molecule has 3 rings (SSSR count). The summed E-state index contributed by atoms with van der Waals surface area (Å²) < 4.78 is 4.62. The van der Waals surface area contributed by atoms with Crippen molar-refractivity contribution in [1.29, 1.82) is 0 Å². The predicted octanol–water partition coefficient (Wildman–Crippen LogP) is 5.43. The quantitative estimate of drug-likeness (QED) is 0.296. The molecule has 0 aliphatic rings. The van der Waals surface area contributed by atoms with Crippen molar-refractivity contribution in [2.45, 2.75) is 6.92 Å². The molecule has 0 radical (unpaired) electrons. The lowest BCUT2D eigenvalue weighted by molar-refractivity contribution is 0.0606. The molecule has 0 aliphatic heterocycles. The van der Waals surface area contributed by atoms with E-state index < -0.39 is 11.9 Å². The molecule has 6 nitrogen and oxygen atoms in total. The van der Waals surface area contributed by atoms with Gasteiger partial charge in [0.15, 0.2) is 0 Å². The van der Waals surface area contributed by atoms with E-state index in [0.717, 1.165) is 16.9 Å². The monoisotopic (exact) mass is 468 g/mol. The number of hydrogen-bond donors (Lipinski definition) is 2. The van der Waals surface area contributed by atoms with Crippen molar-refractivity contribution in [3.63, 3.8) is 0 Å². The fourth-order valence-corrected chi connectivity index (χ4v) is 4.49. The van der Waals surface area contributed by atoms with Crippen LogP contribution in [0.25, 0.3) is 10.4 Å². The van der Waals surface area contributed by atoms with Gasteiger partial charge in [-0.15, -0.1) is 22.7 Å². The van der Waals surface area contributed by atoms with Crippen LogP contribution in [0.3, 0.4) is 0 Å². The van der Waals surface area contributed by atoms with Crippen molar-refractivity contribution in [2.75, 3.05) is 7.11 Å². The van der Waals surface area contributed by atoms with Crippen LogP contribution in [0, 0.1) is 0 Å². The van der Waals surface area contributed by atoms with Crippen LogP contribution in [0.15, 0.2) is 40.8 Å². The molecule has 0 fully saturated rings. The van der Waals surface area contributed by atoms with Gasteiger partial charge < -0.3 is 9.84 Å². The maximum Gasteiger partial charge on any atom is 0.348 e. The topological polar surface area (TPSA) is 88.0 Å². The molecule has 0 atom stereocenters. The summed E-state index contributed by atoms with van der Waals surface area (Å²) in [7, 11) is 1.27.